The van der Waals surface area contributed by atoms with Crippen LogP contribution in [0.15, 0.2) is 72.9 Å². The van der Waals surface area contributed by atoms with Crippen LogP contribution in [0.25, 0.3) is 22.1 Å². The Morgan fingerprint density at radius 3 is 1.90 bits per heavy atom. The average Bonchev–Trinajstić information content (AvgIpc) is 1.57. The number of primary amides is 3. The monoisotopic (exact) mass is 1560 g/mol. The van der Waals surface area contributed by atoms with E-state index in [1.54, 1.807) is 84.1 Å². The Labute approximate surface area is 646 Å². The minimum Gasteiger partial charge on any atom is -0.494 e. The quantitative estimate of drug-likeness (QED) is 0.0148. The van der Waals surface area contributed by atoms with Crippen molar-refractivity contribution in [1.29, 1.82) is 0 Å². The number of carbonyl (C=O) groups excluding carboxylic acids is 9. The summed E-state index contributed by atoms with van der Waals surface area (Å²) in [5.41, 5.74) is 20.4. The van der Waals surface area contributed by atoms with Gasteiger partial charge in [-0.05, 0) is 106 Å². The first-order chi connectivity index (χ1) is 53.9. The van der Waals surface area contributed by atoms with Crippen molar-refractivity contribution in [2.45, 2.75) is 123 Å². The van der Waals surface area contributed by atoms with Gasteiger partial charge in [-0.1, -0.05) is 38.1 Å². The molecule has 9 rings (SSSR count). The van der Waals surface area contributed by atoms with E-state index in [4.69, 9.17) is 71.0 Å². The second-order valence-corrected chi connectivity index (χ2v) is 27.1. The van der Waals surface area contributed by atoms with Crippen LogP contribution >= 0.6 is 0 Å². The van der Waals surface area contributed by atoms with E-state index >= 15 is 0 Å². The molecule has 4 aromatic heterocycles. The highest BCUT2D eigenvalue weighted by Gasteiger charge is 2.44. The molecule has 38 nitrogen and oxygen atoms in total. The van der Waals surface area contributed by atoms with E-state index < -0.39 is 65.6 Å². The van der Waals surface area contributed by atoms with Crippen LogP contribution in [-0.4, -0.2) is 221 Å². The lowest BCUT2D eigenvalue weighted by atomic mass is 9.86. The van der Waals surface area contributed by atoms with Gasteiger partial charge >= 0.3 is 12.1 Å². The van der Waals surface area contributed by atoms with E-state index in [9.17, 15) is 43.2 Å². The van der Waals surface area contributed by atoms with Crippen molar-refractivity contribution in [3.05, 3.63) is 112 Å². The van der Waals surface area contributed by atoms with E-state index in [1.807, 2.05) is 6.92 Å². The molecule has 6 heterocycles. The summed E-state index contributed by atoms with van der Waals surface area (Å²) < 4.78 is 52.1. The van der Waals surface area contributed by atoms with Gasteiger partial charge in [0.15, 0.2) is 0 Å². The first kappa shape index (κ1) is 84.9. The zero-order chi connectivity index (χ0) is 80.3. The summed E-state index contributed by atoms with van der Waals surface area (Å²) in [4.78, 5) is 136. The van der Waals surface area contributed by atoms with Crippen molar-refractivity contribution in [2.24, 2.45) is 36.1 Å². The number of anilines is 3. The van der Waals surface area contributed by atoms with Crippen LogP contribution in [0.4, 0.5) is 27.2 Å². The summed E-state index contributed by atoms with van der Waals surface area (Å²) >= 11 is 0. The highest BCUT2D eigenvalue weighted by Crippen LogP contribution is 2.36. The Bertz CT molecular complexity index is 4420. The summed E-state index contributed by atoms with van der Waals surface area (Å²) in [6.45, 7) is 13.3. The molecule has 0 bridgehead atoms. The number of nitrogens with zero attached hydrogens (tertiary/aromatic N) is 9. The highest BCUT2D eigenvalue weighted by molar-refractivity contribution is 6.07. The van der Waals surface area contributed by atoms with Crippen molar-refractivity contribution in [3.63, 3.8) is 0 Å². The predicted molar refractivity (Wildman–Crippen MR) is 409 cm³/mol. The Kier molecular flexibility index (Phi) is 31.7. The van der Waals surface area contributed by atoms with E-state index in [2.05, 4.69) is 57.2 Å². The number of ether oxygens (including phenoxy) is 8. The first-order valence-electron chi connectivity index (χ1n) is 37.1. The minimum absolute atomic E-state index is 0.0225. The molecule has 7 aromatic rings. The van der Waals surface area contributed by atoms with Crippen molar-refractivity contribution >= 4 is 93.1 Å². The molecule has 2 saturated heterocycles. The molecule has 38 heteroatoms. The number of alkyl carbamates (subject to hydrolysis) is 1. The zero-order valence-corrected chi connectivity index (χ0v) is 63.9. The SMILES string of the molecule is CCn1nc(C)cc1C(=O)Nc1nc2cc(C(N)=O)cc(OC)c2n1C/C=C/Cn1c(NC(=O)c2cn(C)nc2CNC(=O)OCc2ccc(NC(=O)[C@H](CCCNC(N)=O)NC(=O)[C@@H](NC(=O)CCOCCOCCOCCOCCON)C(C)C)cc2)nc2cc(C(N)=O)cc(OCCCN3CC4(CCCCO4)C3)c21. The van der Waals surface area contributed by atoms with Gasteiger partial charge in [-0.3, -0.25) is 58.5 Å². The molecular formula is C74H102N20O18. The predicted octanol–water partition coefficient (Wildman–Crippen LogP) is 3.42. The van der Waals surface area contributed by atoms with Gasteiger partial charge in [-0.25, -0.2) is 25.5 Å². The molecule has 112 heavy (non-hydrogen) atoms. The van der Waals surface area contributed by atoms with E-state index in [-0.39, 0.29) is 148 Å². The number of allylic oxidation sites excluding steroid dienone is 2. The maximum absolute atomic E-state index is 14.7. The molecule has 606 valence electrons. The molecule has 2 fully saturated rings. The Hall–Kier alpha value is -11.1. The average molecular weight is 1560 g/mol. The molecule has 3 aromatic carbocycles. The van der Waals surface area contributed by atoms with E-state index in [0.29, 0.717) is 85.2 Å². The number of carbonyl (C=O) groups is 9. The number of hydrogen-bond acceptors (Lipinski definition) is 24. The third-order valence-corrected chi connectivity index (χ3v) is 18.3. The molecule has 2 aliphatic rings. The lowest BCUT2D eigenvalue weighted by molar-refractivity contribution is -0.166. The first-order valence-corrected chi connectivity index (χ1v) is 37.1. The fourth-order valence-corrected chi connectivity index (χ4v) is 12.8. The summed E-state index contributed by atoms with van der Waals surface area (Å²) in [6, 6.07) is 11.1. The molecule has 0 saturated carbocycles. The van der Waals surface area contributed by atoms with Crippen molar-refractivity contribution < 1.29 is 85.9 Å². The smallest absolute Gasteiger partial charge is 0.407 e. The number of hydrogen-bond donors (Lipinski definition) is 11. The number of likely N-dealkylation sites (tertiary alicyclic amines) is 1. The van der Waals surface area contributed by atoms with Crippen LogP contribution in [0.2, 0.25) is 0 Å². The topological polar surface area (TPSA) is 500 Å². The number of methoxy groups -OCH3 is 1. The minimum atomic E-state index is -1.12. The van der Waals surface area contributed by atoms with E-state index in [1.165, 1.54) is 42.3 Å². The van der Waals surface area contributed by atoms with E-state index in [0.717, 1.165) is 45.5 Å². The largest absolute Gasteiger partial charge is 0.494 e. The van der Waals surface area contributed by atoms with Crippen LogP contribution in [0.5, 0.6) is 11.5 Å². The van der Waals surface area contributed by atoms with Crippen molar-refractivity contribution in [2.75, 3.05) is 122 Å². The number of urea groups is 1. The Morgan fingerprint density at radius 1 is 0.696 bits per heavy atom. The highest BCUT2D eigenvalue weighted by atomic mass is 16.6. The normalized spacial score (nSPS) is 13.9. The summed E-state index contributed by atoms with van der Waals surface area (Å²) in [5.74, 6) is 0.947. The summed E-state index contributed by atoms with van der Waals surface area (Å²) in [6.07, 6.45) is 8.31. The molecule has 0 radical (unpaired) electrons. The number of aromatic nitrogens is 8. The van der Waals surface area contributed by atoms with Gasteiger partial charge in [0.1, 0.15) is 46.9 Å². The number of rotatable bonds is 46. The molecule has 15 N–H and O–H groups in total. The molecule has 2 atom stereocenters. The van der Waals surface area contributed by atoms with Crippen molar-refractivity contribution in [3.8, 4) is 11.5 Å². The van der Waals surface area contributed by atoms with Crippen LogP contribution in [0, 0.1) is 12.8 Å². The van der Waals surface area contributed by atoms with Gasteiger partial charge in [0, 0.05) is 88.9 Å². The fourth-order valence-electron chi connectivity index (χ4n) is 12.8. The molecule has 2 aliphatic heterocycles. The maximum atomic E-state index is 14.7. The zero-order valence-electron chi connectivity index (χ0n) is 63.9. The van der Waals surface area contributed by atoms with Crippen molar-refractivity contribution in [1.82, 2.24) is 64.8 Å². The van der Waals surface area contributed by atoms with Gasteiger partial charge in [0.25, 0.3) is 11.8 Å². The van der Waals surface area contributed by atoms with Gasteiger partial charge in [-0.2, -0.15) is 10.2 Å². The molecule has 10 amide bonds. The van der Waals surface area contributed by atoms with Gasteiger partial charge in [0.2, 0.25) is 41.4 Å². The lowest BCUT2D eigenvalue weighted by Gasteiger charge is -2.51. The van der Waals surface area contributed by atoms with Crippen LogP contribution in [0.3, 0.4) is 0 Å². The Morgan fingerprint density at radius 2 is 1.31 bits per heavy atom. The number of nitrogens with two attached hydrogens (primary N) is 4. The second-order valence-electron chi connectivity index (χ2n) is 27.1. The van der Waals surface area contributed by atoms with Gasteiger partial charge < -0.3 is 95.7 Å². The Balaban J connectivity index is 0.838. The van der Waals surface area contributed by atoms with Gasteiger partial charge in [0.05, 0.1) is 113 Å². The summed E-state index contributed by atoms with van der Waals surface area (Å²) in [7, 11) is 3.03. The summed E-state index contributed by atoms with van der Waals surface area (Å²) in [5, 5.41) is 28.2. The number of benzene rings is 3. The van der Waals surface area contributed by atoms with Gasteiger partial charge in [-0.15, -0.1) is 0 Å². The molecule has 0 unspecified atom stereocenters. The second kappa shape index (κ2) is 41.8. The molecule has 1 spiro atoms. The third kappa shape index (κ3) is 24.2. The van der Waals surface area contributed by atoms with Crippen LogP contribution in [0.1, 0.15) is 124 Å². The molecular weight excluding hydrogens is 1460 g/mol. The maximum Gasteiger partial charge on any atom is 0.407 e. The van der Waals surface area contributed by atoms with Crippen LogP contribution < -0.4 is 69.8 Å². The number of imidazole rings is 2. The number of nitrogens with one attached hydrogen (secondary N) is 7. The number of amides is 10. The number of fused-ring (bicyclic) bond motifs is 2. The fraction of sp³-hybridized carbons (Fsp3) is 0.500. The number of aryl methyl sites for hydroxylation is 3. The van der Waals surface area contributed by atoms with Crippen LogP contribution in [-0.2, 0) is 87.5 Å². The third-order valence-electron chi connectivity index (χ3n) is 18.3. The lowest BCUT2D eigenvalue weighted by Crippen LogP contribution is -2.64. The standard InChI is InChI=1S/C74H102N20O18/c1-7-94-57(36-47(4)88-94)68(100)87-72-83-54-37-49(64(75)96)39-58(104-6)62(54)92(72)23-9-10-24-93-63-55(38-50(65(76)97)40-59(63)109-25-13-22-91-44-74(45-91)20-8-11-26-111-74)84-71(93)86-66(98)52-42-90(5)89-56(52)41-80-73(103)110-43-48-15-17-51(18-16-48)81-67(99)53(14-12-21-79-70(77)102)82-69(101)61(46(2)3)85-60(95)19-27-105-28-29-106-30-31-107-32-33-108-34-35-112-78/h9-10,15-18,36-40,42,46,53,61H,7-8,11-14,19-35,41,43-45,78H2,1-6H3,(H2,75,96)(H2,76,97)(H,80,103)(H,81,99)(H,82,101)(H,85,95)(H3,77,79,102)(H,83,87,100)(H,84,86,98)/b10-9+/t53-,61-/m0/s1. The molecule has 0 aliphatic carbocycles.